The van der Waals surface area contributed by atoms with Crippen molar-refractivity contribution in [3.63, 3.8) is 0 Å². The number of aromatic nitrogens is 2. The number of nitrogens with one attached hydrogen (secondary N) is 1. The van der Waals surface area contributed by atoms with Crippen molar-refractivity contribution >= 4 is 21.4 Å². The van der Waals surface area contributed by atoms with Crippen molar-refractivity contribution in [2.75, 3.05) is 14.2 Å². The van der Waals surface area contributed by atoms with Crippen molar-refractivity contribution in [3.05, 3.63) is 53.0 Å². The van der Waals surface area contributed by atoms with Crippen LogP contribution in [0.5, 0.6) is 11.5 Å². The molecule has 0 aliphatic rings. The molecule has 1 aromatic carbocycles. The molecule has 0 radical (unpaired) electrons. The zero-order valence-electron chi connectivity index (χ0n) is 14.2. The van der Waals surface area contributed by atoms with Gasteiger partial charge < -0.3 is 9.47 Å². The molecule has 0 saturated carbocycles. The van der Waals surface area contributed by atoms with Gasteiger partial charge in [0.2, 0.25) is 10.0 Å². The molecule has 136 valence electrons. The Morgan fingerprint density at radius 1 is 1.12 bits per heavy atom. The molecule has 3 rings (SSSR count). The first-order valence-electron chi connectivity index (χ1n) is 7.61. The van der Waals surface area contributed by atoms with Crippen LogP contribution in [0, 0.1) is 0 Å². The second-order valence-corrected chi connectivity index (χ2v) is 7.86. The fourth-order valence-corrected chi connectivity index (χ4v) is 4.24. The lowest BCUT2D eigenvalue weighted by Gasteiger charge is -2.11. The summed E-state index contributed by atoms with van der Waals surface area (Å²) in [5, 5.41) is 2.48. The molecule has 26 heavy (non-hydrogen) atoms. The summed E-state index contributed by atoms with van der Waals surface area (Å²) in [6.07, 6.45) is 1.69. The lowest BCUT2D eigenvalue weighted by atomic mass is 10.3. The first kappa shape index (κ1) is 18.3. The Morgan fingerprint density at radius 2 is 1.96 bits per heavy atom. The fraction of sp³-hybridized carbons (Fsp3) is 0.176. The van der Waals surface area contributed by atoms with E-state index in [0.717, 1.165) is 5.69 Å². The number of methoxy groups -OCH3 is 2. The summed E-state index contributed by atoms with van der Waals surface area (Å²) in [6.45, 7) is 0.0696. The van der Waals surface area contributed by atoms with Crippen molar-refractivity contribution in [2.45, 2.75) is 11.4 Å². The van der Waals surface area contributed by atoms with Crippen molar-refractivity contribution in [3.8, 4) is 22.9 Å². The first-order valence-corrected chi connectivity index (χ1v) is 9.97. The third kappa shape index (κ3) is 4.01. The number of hydrogen-bond donors (Lipinski definition) is 1. The van der Waals surface area contributed by atoms with E-state index in [-0.39, 0.29) is 17.2 Å². The van der Waals surface area contributed by atoms with Gasteiger partial charge in [-0.05, 0) is 24.3 Å². The smallest absolute Gasteiger partial charge is 0.244 e. The van der Waals surface area contributed by atoms with E-state index in [0.29, 0.717) is 16.5 Å². The molecule has 0 unspecified atom stereocenters. The van der Waals surface area contributed by atoms with Gasteiger partial charge in [-0.1, -0.05) is 6.07 Å². The number of pyridine rings is 1. The van der Waals surface area contributed by atoms with Crippen molar-refractivity contribution in [1.82, 2.24) is 14.7 Å². The maximum atomic E-state index is 12.6. The Hall–Kier alpha value is -2.49. The molecule has 0 saturated heterocycles. The lowest BCUT2D eigenvalue weighted by Crippen LogP contribution is -2.23. The van der Waals surface area contributed by atoms with Crippen LogP contribution < -0.4 is 14.2 Å². The van der Waals surface area contributed by atoms with E-state index in [1.54, 1.807) is 18.3 Å². The summed E-state index contributed by atoms with van der Waals surface area (Å²) in [5.41, 5.74) is 1.45. The van der Waals surface area contributed by atoms with Gasteiger partial charge in [0, 0.05) is 17.6 Å². The minimum Gasteiger partial charge on any atom is -0.497 e. The van der Waals surface area contributed by atoms with E-state index in [1.165, 1.54) is 31.6 Å². The molecule has 2 heterocycles. The number of nitrogens with zero attached hydrogens (tertiary/aromatic N) is 2. The monoisotopic (exact) mass is 391 g/mol. The SMILES string of the molecule is COc1ccc(OC)c(S(=O)(=O)NCc2nc(-c3ccccn3)cs2)c1. The van der Waals surface area contributed by atoms with Crippen LogP contribution in [-0.4, -0.2) is 32.6 Å². The molecule has 0 aliphatic carbocycles. The highest BCUT2D eigenvalue weighted by molar-refractivity contribution is 7.89. The summed E-state index contributed by atoms with van der Waals surface area (Å²) in [5.74, 6) is 0.671. The number of ether oxygens (including phenoxy) is 2. The van der Waals surface area contributed by atoms with Gasteiger partial charge in [-0.15, -0.1) is 11.3 Å². The zero-order valence-corrected chi connectivity index (χ0v) is 15.8. The van der Waals surface area contributed by atoms with Gasteiger partial charge in [0.1, 0.15) is 21.4 Å². The molecule has 1 N–H and O–H groups in total. The normalized spacial score (nSPS) is 11.3. The maximum Gasteiger partial charge on any atom is 0.244 e. The van der Waals surface area contributed by atoms with E-state index in [9.17, 15) is 8.42 Å². The average molecular weight is 391 g/mol. The average Bonchev–Trinajstić information content (AvgIpc) is 3.16. The number of benzene rings is 1. The number of thiazole rings is 1. The van der Waals surface area contributed by atoms with Gasteiger partial charge in [0.25, 0.3) is 0 Å². The topological polar surface area (TPSA) is 90.4 Å². The van der Waals surface area contributed by atoms with E-state index in [1.807, 2.05) is 23.6 Å². The standard InChI is InChI=1S/C17H17N3O4S2/c1-23-12-6-7-15(24-2)16(9-12)26(21,22)19-10-17-20-14(11-25-17)13-5-3-4-8-18-13/h3-9,11,19H,10H2,1-2H3. The quantitative estimate of drug-likeness (QED) is 0.666. The molecule has 0 aliphatic heterocycles. The summed E-state index contributed by atoms with van der Waals surface area (Å²) in [6, 6.07) is 10.2. The number of hydrogen-bond acceptors (Lipinski definition) is 7. The van der Waals surface area contributed by atoms with Crippen molar-refractivity contribution < 1.29 is 17.9 Å². The van der Waals surface area contributed by atoms with E-state index >= 15 is 0 Å². The van der Waals surface area contributed by atoms with Gasteiger partial charge in [-0.2, -0.15) is 0 Å². The predicted octanol–water partition coefficient (Wildman–Crippen LogP) is 2.70. The van der Waals surface area contributed by atoms with Crippen LogP contribution in [0.4, 0.5) is 0 Å². The zero-order chi connectivity index (χ0) is 18.6. The molecule has 0 amide bonds. The highest BCUT2D eigenvalue weighted by Gasteiger charge is 2.21. The maximum absolute atomic E-state index is 12.6. The summed E-state index contributed by atoms with van der Waals surface area (Å²) < 4.78 is 38.1. The van der Waals surface area contributed by atoms with Crippen LogP contribution >= 0.6 is 11.3 Å². The fourth-order valence-electron chi connectivity index (χ4n) is 2.25. The molecular formula is C17H17N3O4S2. The van der Waals surface area contributed by atoms with Gasteiger partial charge in [-0.25, -0.2) is 18.1 Å². The Kier molecular flexibility index (Phi) is 5.50. The van der Waals surface area contributed by atoms with Crippen LogP contribution in [0.1, 0.15) is 5.01 Å². The van der Waals surface area contributed by atoms with Gasteiger partial charge in [0.05, 0.1) is 32.2 Å². The molecule has 0 bridgehead atoms. The number of sulfonamides is 1. The molecule has 9 heteroatoms. The highest BCUT2D eigenvalue weighted by Crippen LogP contribution is 2.28. The predicted molar refractivity (Wildman–Crippen MR) is 98.9 cm³/mol. The molecule has 7 nitrogen and oxygen atoms in total. The summed E-state index contributed by atoms with van der Waals surface area (Å²) in [7, 11) is -0.903. The van der Waals surface area contributed by atoms with Gasteiger partial charge in [-0.3, -0.25) is 4.98 Å². The second-order valence-electron chi connectivity index (χ2n) is 5.18. The third-order valence-electron chi connectivity index (χ3n) is 3.55. The van der Waals surface area contributed by atoms with E-state index in [2.05, 4.69) is 14.7 Å². The minimum atomic E-state index is -3.79. The molecule has 0 spiro atoms. The highest BCUT2D eigenvalue weighted by atomic mass is 32.2. The molecule has 0 fully saturated rings. The Labute approximate surface area is 155 Å². The van der Waals surface area contributed by atoms with Crippen LogP contribution in [0.2, 0.25) is 0 Å². The Bertz CT molecular complexity index is 988. The summed E-state index contributed by atoms with van der Waals surface area (Å²) >= 11 is 1.36. The molecule has 2 aromatic heterocycles. The second kappa shape index (κ2) is 7.81. The molecular weight excluding hydrogens is 374 g/mol. The van der Waals surface area contributed by atoms with Crippen LogP contribution in [0.15, 0.2) is 52.9 Å². The van der Waals surface area contributed by atoms with Crippen LogP contribution in [0.25, 0.3) is 11.4 Å². The lowest BCUT2D eigenvalue weighted by molar-refractivity contribution is 0.392. The summed E-state index contributed by atoms with van der Waals surface area (Å²) in [4.78, 5) is 8.68. The van der Waals surface area contributed by atoms with E-state index < -0.39 is 10.0 Å². The molecule has 3 aromatic rings. The van der Waals surface area contributed by atoms with Gasteiger partial charge in [0.15, 0.2) is 0 Å². The Morgan fingerprint density at radius 3 is 2.65 bits per heavy atom. The third-order valence-corrected chi connectivity index (χ3v) is 5.82. The Balaban J connectivity index is 1.78. The van der Waals surface area contributed by atoms with Crippen molar-refractivity contribution in [1.29, 1.82) is 0 Å². The first-order chi connectivity index (χ1) is 12.5. The van der Waals surface area contributed by atoms with E-state index in [4.69, 9.17) is 9.47 Å². The number of rotatable bonds is 7. The minimum absolute atomic E-state index is 0.0147. The van der Waals surface area contributed by atoms with Gasteiger partial charge >= 0.3 is 0 Å². The van der Waals surface area contributed by atoms with Crippen LogP contribution in [-0.2, 0) is 16.6 Å². The molecule has 0 atom stereocenters. The van der Waals surface area contributed by atoms with Crippen molar-refractivity contribution in [2.24, 2.45) is 0 Å². The van der Waals surface area contributed by atoms with Crippen LogP contribution in [0.3, 0.4) is 0 Å². The largest absolute Gasteiger partial charge is 0.497 e.